The van der Waals surface area contributed by atoms with Crippen LogP contribution in [0, 0.1) is 0 Å². The normalized spacial score (nSPS) is 14.1. The van der Waals surface area contributed by atoms with E-state index in [4.69, 9.17) is 9.47 Å². The van der Waals surface area contributed by atoms with Gasteiger partial charge in [0.05, 0.1) is 5.92 Å². The van der Waals surface area contributed by atoms with Crippen LogP contribution in [0.1, 0.15) is 36.5 Å². The molecule has 2 heterocycles. The van der Waals surface area contributed by atoms with E-state index in [0.717, 1.165) is 24.2 Å². The minimum Gasteiger partial charge on any atom is -0.486 e. The summed E-state index contributed by atoms with van der Waals surface area (Å²) in [5.41, 5.74) is 4.69. The first-order valence-electron chi connectivity index (χ1n) is 9.92. The molecule has 0 radical (unpaired) electrons. The molecule has 0 saturated heterocycles. The van der Waals surface area contributed by atoms with Crippen molar-refractivity contribution in [3.63, 3.8) is 0 Å². The number of ether oxygens (including phenoxy) is 2. The van der Waals surface area contributed by atoms with Crippen LogP contribution in [0.25, 0.3) is 10.9 Å². The van der Waals surface area contributed by atoms with Gasteiger partial charge in [-0.05, 0) is 48.6 Å². The van der Waals surface area contributed by atoms with Gasteiger partial charge in [0.25, 0.3) is 0 Å². The molecule has 28 heavy (non-hydrogen) atoms. The van der Waals surface area contributed by atoms with Crippen molar-refractivity contribution in [3.8, 4) is 11.5 Å². The van der Waals surface area contributed by atoms with Crippen molar-refractivity contribution < 1.29 is 14.3 Å². The maximum atomic E-state index is 12.6. The zero-order chi connectivity index (χ0) is 19.5. The summed E-state index contributed by atoms with van der Waals surface area (Å²) in [7, 11) is 0. The number of aromatic nitrogens is 1. The summed E-state index contributed by atoms with van der Waals surface area (Å²) in [6.45, 7) is 5.79. The molecule has 3 aromatic rings. The minimum atomic E-state index is -0.245. The molecule has 0 fully saturated rings. The second-order valence-corrected chi connectivity index (χ2v) is 7.17. The Labute approximate surface area is 165 Å². The molecule has 146 valence electrons. The number of amides is 1. The lowest BCUT2D eigenvalue weighted by Crippen LogP contribution is -2.29. The molecule has 1 atom stereocenters. The van der Waals surface area contributed by atoms with Crippen molar-refractivity contribution in [1.82, 2.24) is 10.3 Å². The highest BCUT2D eigenvalue weighted by molar-refractivity contribution is 5.86. The van der Waals surface area contributed by atoms with Crippen LogP contribution >= 0.6 is 0 Å². The molecule has 0 bridgehead atoms. The average molecular weight is 378 g/mol. The SMILES string of the molecule is CCc1cccc2c(CCNC(=O)C(C)c3ccc4c(c3)OCCO4)c[nH]c12. The Morgan fingerprint density at radius 2 is 1.96 bits per heavy atom. The number of fused-ring (bicyclic) bond motifs is 2. The van der Waals surface area contributed by atoms with Crippen LogP contribution in [0.5, 0.6) is 11.5 Å². The van der Waals surface area contributed by atoms with Crippen LogP contribution in [0.15, 0.2) is 42.6 Å². The standard InChI is InChI=1S/C23H26N2O3/c1-3-16-5-4-6-19-18(14-25-22(16)19)9-10-24-23(26)15(2)17-7-8-20-21(13-17)28-12-11-27-20/h4-8,13-15,25H,3,9-12H2,1-2H3,(H,24,26). The van der Waals surface area contributed by atoms with Crippen molar-refractivity contribution in [2.75, 3.05) is 19.8 Å². The first-order valence-corrected chi connectivity index (χ1v) is 9.92. The van der Waals surface area contributed by atoms with E-state index in [2.05, 4.69) is 41.6 Å². The molecular formula is C23H26N2O3. The molecule has 5 nitrogen and oxygen atoms in total. The second kappa shape index (κ2) is 7.97. The number of H-pyrrole nitrogens is 1. The fourth-order valence-corrected chi connectivity index (χ4v) is 3.73. The molecule has 1 aliphatic heterocycles. The van der Waals surface area contributed by atoms with Crippen molar-refractivity contribution in [2.24, 2.45) is 0 Å². The summed E-state index contributed by atoms with van der Waals surface area (Å²) < 4.78 is 11.2. The summed E-state index contributed by atoms with van der Waals surface area (Å²) in [6, 6.07) is 12.1. The van der Waals surface area contributed by atoms with Gasteiger partial charge in [-0.15, -0.1) is 0 Å². The van der Waals surface area contributed by atoms with Crippen molar-refractivity contribution in [2.45, 2.75) is 32.6 Å². The van der Waals surface area contributed by atoms with Gasteiger partial charge in [0.2, 0.25) is 5.91 Å². The first-order chi connectivity index (χ1) is 13.7. The molecule has 1 aliphatic rings. The van der Waals surface area contributed by atoms with E-state index in [1.165, 1.54) is 22.0 Å². The summed E-state index contributed by atoms with van der Waals surface area (Å²) in [5.74, 6) is 1.23. The van der Waals surface area contributed by atoms with E-state index in [1.807, 2.05) is 25.1 Å². The number of hydrogen-bond acceptors (Lipinski definition) is 3. The molecule has 4 rings (SSSR count). The molecule has 5 heteroatoms. The molecule has 0 aliphatic carbocycles. The lowest BCUT2D eigenvalue weighted by atomic mass is 9.99. The maximum absolute atomic E-state index is 12.6. The summed E-state index contributed by atoms with van der Waals surface area (Å²) >= 11 is 0. The van der Waals surface area contributed by atoms with Crippen LogP contribution in [-0.2, 0) is 17.6 Å². The quantitative estimate of drug-likeness (QED) is 0.682. The number of aryl methyl sites for hydroxylation is 1. The van der Waals surface area contributed by atoms with E-state index in [1.54, 1.807) is 0 Å². The number of benzene rings is 2. The number of rotatable bonds is 6. The van der Waals surface area contributed by atoms with E-state index in [0.29, 0.717) is 25.5 Å². The number of nitrogens with one attached hydrogen (secondary N) is 2. The Morgan fingerprint density at radius 1 is 1.14 bits per heavy atom. The largest absolute Gasteiger partial charge is 0.486 e. The number of para-hydroxylation sites is 1. The summed E-state index contributed by atoms with van der Waals surface area (Å²) in [5, 5.41) is 4.31. The van der Waals surface area contributed by atoms with Gasteiger partial charge in [-0.25, -0.2) is 0 Å². The molecule has 1 unspecified atom stereocenters. The third-order valence-electron chi connectivity index (χ3n) is 5.42. The van der Waals surface area contributed by atoms with Gasteiger partial charge < -0.3 is 19.8 Å². The van der Waals surface area contributed by atoms with Gasteiger partial charge in [-0.2, -0.15) is 0 Å². The Balaban J connectivity index is 1.38. The predicted molar refractivity (Wildman–Crippen MR) is 110 cm³/mol. The third kappa shape index (κ3) is 3.57. The van der Waals surface area contributed by atoms with Gasteiger partial charge in [-0.1, -0.05) is 31.2 Å². The fraction of sp³-hybridized carbons (Fsp3) is 0.348. The van der Waals surface area contributed by atoms with Gasteiger partial charge >= 0.3 is 0 Å². The molecule has 0 spiro atoms. The van der Waals surface area contributed by atoms with Crippen molar-refractivity contribution in [1.29, 1.82) is 0 Å². The van der Waals surface area contributed by atoms with Crippen molar-refractivity contribution >= 4 is 16.8 Å². The monoisotopic (exact) mass is 378 g/mol. The van der Waals surface area contributed by atoms with Gasteiger partial charge in [0.15, 0.2) is 11.5 Å². The van der Waals surface area contributed by atoms with Crippen LogP contribution in [0.4, 0.5) is 0 Å². The number of carbonyl (C=O) groups excluding carboxylic acids is 1. The van der Waals surface area contributed by atoms with Crippen LogP contribution in [0.3, 0.4) is 0 Å². The highest BCUT2D eigenvalue weighted by atomic mass is 16.6. The molecular weight excluding hydrogens is 352 g/mol. The van der Waals surface area contributed by atoms with Gasteiger partial charge in [0.1, 0.15) is 13.2 Å². The number of carbonyl (C=O) groups is 1. The van der Waals surface area contributed by atoms with Crippen LogP contribution in [0.2, 0.25) is 0 Å². The predicted octanol–water partition coefficient (Wildman–Crippen LogP) is 3.96. The molecule has 1 amide bonds. The Morgan fingerprint density at radius 3 is 2.79 bits per heavy atom. The maximum Gasteiger partial charge on any atom is 0.227 e. The molecule has 2 aromatic carbocycles. The lowest BCUT2D eigenvalue weighted by molar-refractivity contribution is -0.122. The highest BCUT2D eigenvalue weighted by Gasteiger charge is 2.19. The number of aromatic amines is 1. The second-order valence-electron chi connectivity index (χ2n) is 7.17. The molecule has 0 saturated carbocycles. The zero-order valence-electron chi connectivity index (χ0n) is 16.4. The van der Waals surface area contributed by atoms with Crippen LogP contribution in [-0.4, -0.2) is 30.6 Å². The van der Waals surface area contributed by atoms with Gasteiger partial charge in [0, 0.05) is 23.6 Å². The zero-order valence-corrected chi connectivity index (χ0v) is 16.4. The van der Waals surface area contributed by atoms with Crippen LogP contribution < -0.4 is 14.8 Å². The summed E-state index contributed by atoms with van der Waals surface area (Å²) in [4.78, 5) is 16.0. The Bertz CT molecular complexity index is 993. The van der Waals surface area contributed by atoms with E-state index in [-0.39, 0.29) is 11.8 Å². The van der Waals surface area contributed by atoms with E-state index in [9.17, 15) is 4.79 Å². The highest BCUT2D eigenvalue weighted by Crippen LogP contribution is 2.33. The molecule has 1 aromatic heterocycles. The summed E-state index contributed by atoms with van der Waals surface area (Å²) in [6.07, 6.45) is 3.86. The number of hydrogen-bond donors (Lipinski definition) is 2. The smallest absolute Gasteiger partial charge is 0.227 e. The van der Waals surface area contributed by atoms with Gasteiger partial charge in [-0.3, -0.25) is 4.79 Å². The fourth-order valence-electron chi connectivity index (χ4n) is 3.73. The minimum absolute atomic E-state index is 0.0192. The first kappa shape index (κ1) is 18.4. The average Bonchev–Trinajstić information content (AvgIpc) is 3.16. The lowest BCUT2D eigenvalue weighted by Gasteiger charge is -2.20. The topological polar surface area (TPSA) is 63.4 Å². The third-order valence-corrected chi connectivity index (χ3v) is 5.42. The Hall–Kier alpha value is -2.95. The molecule has 2 N–H and O–H groups in total. The Kier molecular flexibility index (Phi) is 5.24. The van der Waals surface area contributed by atoms with E-state index >= 15 is 0 Å². The van der Waals surface area contributed by atoms with E-state index < -0.39 is 0 Å². The van der Waals surface area contributed by atoms with Crippen molar-refractivity contribution in [3.05, 3.63) is 59.3 Å².